The van der Waals surface area contributed by atoms with Crippen molar-refractivity contribution < 1.29 is 9.84 Å². The van der Waals surface area contributed by atoms with Gasteiger partial charge >= 0.3 is 0 Å². The van der Waals surface area contributed by atoms with Crippen molar-refractivity contribution in [3.05, 3.63) is 36.0 Å². The second kappa shape index (κ2) is 8.62. The third-order valence-corrected chi connectivity index (χ3v) is 5.29. The van der Waals surface area contributed by atoms with Gasteiger partial charge in [0.1, 0.15) is 11.6 Å². The standard InChI is InChI=1S/C20H27N7O2/c1-25-19-16(14-22-25)18(21-13-15-5-3-4-6-17(15)29-2)23-20(24-19)27-9-7-26(8-10-27)11-12-28/h3-6,14,28H,7-13H2,1-2H3,(H,21,23,24). The smallest absolute Gasteiger partial charge is 0.229 e. The maximum atomic E-state index is 9.15. The molecule has 0 spiro atoms. The lowest BCUT2D eigenvalue weighted by molar-refractivity contribution is 0.188. The van der Waals surface area contributed by atoms with Crippen LogP contribution in [0.4, 0.5) is 11.8 Å². The Morgan fingerprint density at radius 2 is 1.93 bits per heavy atom. The molecule has 2 aromatic heterocycles. The molecule has 0 amide bonds. The number of β-amino-alcohol motifs (C(OH)–C–C–N with tert-alkyl or cyclic N) is 1. The molecule has 0 aliphatic carbocycles. The van der Waals surface area contributed by atoms with Crippen molar-refractivity contribution in [3.8, 4) is 5.75 Å². The zero-order valence-electron chi connectivity index (χ0n) is 16.9. The maximum Gasteiger partial charge on any atom is 0.229 e. The minimum atomic E-state index is 0.189. The molecule has 1 fully saturated rings. The number of aryl methyl sites for hydroxylation is 1. The summed E-state index contributed by atoms with van der Waals surface area (Å²) in [6.07, 6.45) is 1.79. The Morgan fingerprint density at radius 3 is 2.69 bits per heavy atom. The number of rotatable bonds is 7. The number of piperazine rings is 1. The van der Waals surface area contributed by atoms with E-state index in [9.17, 15) is 0 Å². The molecular weight excluding hydrogens is 370 g/mol. The van der Waals surface area contributed by atoms with E-state index in [1.165, 1.54) is 0 Å². The van der Waals surface area contributed by atoms with E-state index in [1.807, 2.05) is 31.3 Å². The van der Waals surface area contributed by atoms with E-state index < -0.39 is 0 Å². The van der Waals surface area contributed by atoms with Crippen molar-refractivity contribution in [1.82, 2.24) is 24.6 Å². The first kappa shape index (κ1) is 19.4. The zero-order chi connectivity index (χ0) is 20.2. The molecule has 9 heteroatoms. The van der Waals surface area contributed by atoms with Gasteiger partial charge in [-0.25, -0.2) is 0 Å². The summed E-state index contributed by atoms with van der Waals surface area (Å²) in [5.74, 6) is 2.31. The Bertz CT molecular complexity index is 967. The van der Waals surface area contributed by atoms with Gasteiger partial charge in [0, 0.05) is 51.9 Å². The summed E-state index contributed by atoms with van der Waals surface area (Å²) in [4.78, 5) is 14.0. The van der Waals surface area contributed by atoms with E-state index in [0.29, 0.717) is 19.0 Å². The first-order chi connectivity index (χ1) is 14.2. The van der Waals surface area contributed by atoms with Gasteiger partial charge in [0.05, 0.1) is 25.3 Å². The minimum Gasteiger partial charge on any atom is -0.496 e. The molecule has 3 heterocycles. The fourth-order valence-electron chi connectivity index (χ4n) is 3.63. The molecule has 2 N–H and O–H groups in total. The van der Waals surface area contributed by atoms with E-state index in [4.69, 9.17) is 19.8 Å². The molecule has 154 valence electrons. The van der Waals surface area contributed by atoms with E-state index in [2.05, 4.69) is 20.2 Å². The Balaban J connectivity index is 1.58. The Labute approximate surface area is 169 Å². The fourth-order valence-corrected chi connectivity index (χ4v) is 3.63. The SMILES string of the molecule is COc1ccccc1CNc1nc(N2CCN(CCO)CC2)nc2c1cnn2C. The number of hydrogen-bond acceptors (Lipinski definition) is 8. The summed E-state index contributed by atoms with van der Waals surface area (Å²) < 4.78 is 7.23. The number of para-hydroxylation sites is 1. The second-order valence-electron chi connectivity index (χ2n) is 7.10. The molecule has 0 atom stereocenters. The van der Waals surface area contributed by atoms with Crippen LogP contribution in [0.25, 0.3) is 11.0 Å². The van der Waals surface area contributed by atoms with E-state index in [0.717, 1.165) is 54.3 Å². The predicted octanol–water partition coefficient (Wildman–Crippen LogP) is 1.10. The van der Waals surface area contributed by atoms with Crippen molar-refractivity contribution in [2.45, 2.75) is 6.54 Å². The highest BCUT2D eigenvalue weighted by atomic mass is 16.5. The highest BCUT2D eigenvalue weighted by Crippen LogP contribution is 2.25. The van der Waals surface area contributed by atoms with E-state index in [-0.39, 0.29) is 6.61 Å². The van der Waals surface area contributed by atoms with Crippen LogP contribution in [0.2, 0.25) is 0 Å². The number of aromatic nitrogens is 4. The van der Waals surface area contributed by atoms with Gasteiger partial charge in [0.25, 0.3) is 0 Å². The lowest BCUT2D eigenvalue weighted by Crippen LogP contribution is -2.47. The summed E-state index contributed by atoms with van der Waals surface area (Å²) >= 11 is 0. The monoisotopic (exact) mass is 397 g/mol. The molecule has 1 aliphatic heterocycles. The molecule has 0 unspecified atom stereocenters. The predicted molar refractivity (Wildman–Crippen MR) is 112 cm³/mol. The topological polar surface area (TPSA) is 91.6 Å². The summed E-state index contributed by atoms with van der Waals surface area (Å²) in [7, 11) is 3.57. The van der Waals surface area contributed by atoms with Crippen molar-refractivity contribution in [2.75, 3.05) is 56.7 Å². The molecule has 4 rings (SSSR count). The molecule has 1 saturated heterocycles. The normalized spacial score (nSPS) is 15.1. The minimum absolute atomic E-state index is 0.189. The first-order valence-corrected chi connectivity index (χ1v) is 9.83. The number of anilines is 2. The van der Waals surface area contributed by atoms with Gasteiger partial charge in [-0.05, 0) is 6.07 Å². The van der Waals surface area contributed by atoms with E-state index in [1.54, 1.807) is 18.0 Å². The van der Waals surface area contributed by atoms with Gasteiger partial charge in [-0.1, -0.05) is 18.2 Å². The van der Waals surface area contributed by atoms with Crippen molar-refractivity contribution in [3.63, 3.8) is 0 Å². The maximum absolute atomic E-state index is 9.15. The number of fused-ring (bicyclic) bond motifs is 1. The van der Waals surface area contributed by atoms with Gasteiger partial charge in [-0.15, -0.1) is 0 Å². The highest BCUT2D eigenvalue weighted by Gasteiger charge is 2.21. The lowest BCUT2D eigenvalue weighted by Gasteiger charge is -2.34. The second-order valence-corrected chi connectivity index (χ2v) is 7.10. The summed E-state index contributed by atoms with van der Waals surface area (Å²) in [5, 5.41) is 17.8. The molecule has 1 aromatic carbocycles. The lowest BCUT2D eigenvalue weighted by atomic mass is 10.2. The largest absolute Gasteiger partial charge is 0.496 e. The molecular formula is C20H27N7O2. The number of aliphatic hydroxyl groups is 1. The Hall–Kier alpha value is -2.91. The van der Waals surface area contributed by atoms with Crippen LogP contribution in [-0.2, 0) is 13.6 Å². The van der Waals surface area contributed by atoms with Crippen LogP contribution in [0.15, 0.2) is 30.5 Å². The fraction of sp³-hybridized carbons (Fsp3) is 0.450. The van der Waals surface area contributed by atoms with Crippen LogP contribution in [0.1, 0.15) is 5.56 Å². The molecule has 3 aromatic rings. The van der Waals surface area contributed by atoms with Gasteiger partial charge in [-0.3, -0.25) is 9.58 Å². The average Bonchev–Trinajstić information content (AvgIpc) is 3.14. The summed E-state index contributed by atoms with van der Waals surface area (Å²) in [6, 6.07) is 7.94. The van der Waals surface area contributed by atoms with E-state index >= 15 is 0 Å². The Kier molecular flexibility index (Phi) is 5.77. The van der Waals surface area contributed by atoms with Crippen molar-refractivity contribution in [1.29, 1.82) is 0 Å². The molecule has 9 nitrogen and oxygen atoms in total. The summed E-state index contributed by atoms with van der Waals surface area (Å²) in [6.45, 7) is 4.92. The molecule has 0 bridgehead atoms. The number of methoxy groups -OCH3 is 1. The van der Waals surface area contributed by atoms with Crippen LogP contribution in [0.3, 0.4) is 0 Å². The summed E-state index contributed by atoms with van der Waals surface area (Å²) in [5.41, 5.74) is 1.86. The zero-order valence-corrected chi connectivity index (χ0v) is 16.9. The van der Waals surface area contributed by atoms with Gasteiger partial charge in [-0.2, -0.15) is 15.1 Å². The van der Waals surface area contributed by atoms with Crippen molar-refractivity contribution in [2.24, 2.45) is 7.05 Å². The first-order valence-electron chi connectivity index (χ1n) is 9.83. The van der Waals surface area contributed by atoms with Crippen LogP contribution < -0.4 is 15.0 Å². The molecule has 1 aliphatic rings. The number of nitrogens with one attached hydrogen (secondary N) is 1. The van der Waals surface area contributed by atoms with Crippen LogP contribution in [-0.4, -0.2) is 76.2 Å². The molecule has 29 heavy (non-hydrogen) atoms. The number of aliphatic hydroxyl groups excluding tert-OH is 1. The average molecular weight is 397 g/mol. The van der Waals surface area contributed by atoms with Crippen LogP contribution >= 0.6 is 0 Å². The van der Waals surface area contributed by atoms with Gasteiger partial charge in [0.15, 0.2) is 5.65 Å². The molecule has 0 radical (unpaired) electrons. The number of benzene rings is 1. The van der Waals surface area contributed by atoms with Crippen LogP contribution in [0, 0.1) is 0 Å². The number of nitrogens with zero attached hydrogens (tertiary/aromatic N) is 6. The molecule has 0 saturated carbocycles. The third kappa shape index (κ3) is 4.10. The highest BCUT2D eigenvalue weighted by molar-refractivity contribution is 5.87. The number of ether oxygens (including phenoxy) is 1. The van der Waals surface area contributed by atoms with Crippen molar-refractivity contribution >= 4 is 22.8 Å². The van der Waals surface area contributed by atoms with Crippen LogP contribution in [0.5, 0.6) is 5.75 Å². The van der Waals surface area contributed by atoms with Gasteiger partial charge in [0.2, 0.25) is 5.95 Å². The Morgan fingerprint density at radius 1 is 1.14 bits per heavy atom. The number of hydrogen-bond donors (Lipinski definition) is 2. The quantitative estimate of drug-likeness (QED) is 0.612. The third-order valence-electron chi connectivity index (χ3n) is 5.29. The van der Waals surface area contributed by atoms with Gasteiger partial charge < -0.3 is 20.1 Å².